The summed E-state index contributed by atoms with van der Waals surface area (Å²) in [6, 6.07) is 3.05. The standard InChI is InChI=1S/C13H11BrN4O/c1-2-3-4-7-18-12(19)6-5-11(17-18)13-15-8-10(14)9-16-13/h5-6,8-9H,2,7H2,1H3. The summed E-state index contributed by atoms with van der Waals surface area (Å²) < 4.78 is 2.10. The van der Waals surface area contributed by atoms with E-state index in [1.807, 2.05) is 6.92 Å². The van der Waals surface area contributed by atoms with Crippen molar-refractivity contribution in [3.8, 4) is 23.4 Å². The first-order valence-electron chi connectivity index (χ1n) is 5.72. The van der Waals surface area contributed by atoms with Crippen molar-refractivity contribution in [1.82, 2.24) is 19.7 Å². The van der Waals surface area contributed by atoms with Crippen molar-refractivity contribution in [3.05, 3.63) is 39.4 Å². The lowest BCUT2D eigenvalue weighted by molar-refractivity contribution is 0.664. The van der Waals surface area contributed by atoms with Gasteiger partial charge in [0, 0.05) is 24.9 Å². The molecule has 6 heteroatoms. The summed E-state index contributed by atoms with van der Waals surface area (Å²) in [4.78, 5) is 19.9. The van der Waals surface area contributed by atoms with Crippen LogP contribution in [-0.2, 0) is 6.54 Å². The first-order valence-corrected chi connectivity index (χ1v) is 6.52. The first-order chi connectivity index (χ1) is 9.20. The van der Waals surface area contributed by atoms with E-state index in [0.29, 0.717) is 11.5 Å². The molecule has 0 aromatic carbocycles. The largest absolute Gasteiger partial charge is 0.268 e. The average molecular weight is 319 g/mol. The van der Waals surface area contributed by atoms with E-state index in [0.717, 1.165) is 10.9 Å². The Morgan fingerprint density at radius 1 is 1.26 bits per heavy atom. The van der Waals surface area contributed by atoms with E-state index in [1.165, 1.54) is 10.7 Å². The number of halogens is 1. The maximum atomic E-state index is 11.6. The van der Waals surface area contributed by atoms with Gasteiger partial charge in [-0.15, -0.1) is 5.92 Å². The van der Waals surface area contributed by atoms with E-state index >= 15 is 0 Å². The molecule has 0 aliphatic rings. The Balaban J connectivity index is 2.35. The van der Waals surface area contributed by atoms with Gasteiger partial charge < -0.3 is 0 Å². The molecule has 2 heterocycles. The zero-order valence-corrected chi connectivity index (χ0v) is 11.9. The van der Waals surface area contributed by atoms with Crippen molar-refractivity contribution in [2.45, 2.75) is 19.9 Å². The predicted molar refractivity (Wildman–Crippen MR) is 75.3 cm³/mol. The summed E-state index contributed by atoms with van der Waals surface area (Å²) in [7, 11) is 0. The fourth-order valence-corrected chi connectivity index (χ4v) is 1.59. The van der Waals surface area contributed by atoms with E-state index in [1.54, 1.807) is 18.5 Å². The van der Waals surface area contributed by atoms with E-state index in [2.05, 4.69) is 42.8 Å². The van der Waals surface area contributed by atoms with Gasteiger partial charge in [0.25, 0.3) is 5.56 Å². The van der Waals surface area contributed by atoms with Crippen molar-refractivity contribution < 1.29 is 0 Å². The van der Waals surface area contributed by atoms with Gasteiger partial charge in [0.1, 0.15) is 12.2 Å². The van der Waals surface area contributed by atoms with Crippen LogP contribution in [0.5, 0.6) is 0 Å². The molecule has 0 N–H and O–H groups in total. The highest BCUT2D eigenvalue weighted by Gasteiger charge is 2.05. The normalized spacial score (nSPS) is 9.79. The van der Waals surface area contributed by atoms with Crippen molar-refractivity contribution >= 4 is 15.9 Å². The van der Waals surface area contributed by atoms with E-state index in [9.17, 15) is 4.79 Å². The Bertz CT molecular complexity index is 682. The fourth-order valence-electron chi connectivity index (χ4n) is 1.38. The minimum Gasteiger partial charge on any atom is -0.268 e. The Morgan fingerprint density at radius 2 is 2.00 bits per heavy atom. The molecule has 0 saturated heterocycles. The number of hydrogen-bond acceptors (Lipinski definition) is 4. The Morgan fingerprint density at radius 3 is 2.68 bits per heavy atom. The van der Waals surface area contributed by atoms with Crippen LogP contribution in [0.15, 0.2) is 33.8 Å². The molecule has 0 aliphatic carbocycles. The highest BCUT2D eigenvalue weighted by Crippen LogP contribution is 2.11. The van der Waals surface area contributed by atoms with Crippen molar-refractivity contribution in [2.75, 3.05) is 0 Å². The highest BCUT2D eigenvalue weighted by atomic mass is 79.9. The summed E-state index contributed by atoms with van der Waals surface area (Å²) in [5, 5.41) is 4.21. The monoisotopic (exact) mass is 318 g/mol. The third kappa shape index (κ3) is 3.48. The Labute approximate surface area is 118 Å². The van der Waals surface area contributed by atoms with E-state index in [4.69, 9.17) is 0 Å². The van der Waals surface area contributed by atoms with Crippen LogP contribution in [-0.4, -0.2) is 19.7 Å². The average Bonchev–Trinajstić information content (AvgIpc) is 2.42. The lowest BCUT2D eigenvalue weighted by atomic mass is 10.3. The second-order valence-corrected chi connectivity index (χ2v) is 4.56. The molecule has 0 aliphatic heterocycles. The van der Waals surface area contributed by atoms with Gasteiger partial charge in [0.15, 0.2) is 5.82 Å². The summed E-state index contributed by atoms with van der Waals surface area (Å²) in [5.74, 6) is 6.26. The van der Waals surface area contributed by atoms with Gasteiger partial charge in [-0.25, -0.2) is 14.6 Å². The molecule has 0 bridgehead atoms. The topological polar surface area (TPSA) is 60.7 Å². The van der Waals surface area contributed by atoms with Gasteiger partial charge in [-0.3, -0.25) is 4.79 Å². The molecule has 0 fully saturated rings. The van der Waals surface area contributed by atoms with Crippen molar-refractivity contribution in [2.24, 2.45) is 0 Å². The number of rotatable bonds is 2. The quantitative estimate of drug-likeness (QED) is 0.793. The van der Waals surface area contributed by atoms with Gasteiger partial charge in [-0.1, -0.05) is 12.8 Å². The highest BCUT2D eigenvalue weighted by molar-refractivity contribution is 9.10. The van der Waals surface area contributed by atoms with Crippen LogP contribution in [0.25, 0.3) is 11.5 Å². The molecule has 0 unspecified atom stereocenters. The van der Waals surface area contributed by atoms with Crippen LogP contribution < -0.4 is 5.56 Å². The lowest BCUT2D eigenvalue weighted by Crippen LogP contribution is -2.22. The third-order valence-electron chi connectivity index (χ3n) is 2.25. The van der Waals surface area contributed by atoms with Gasteiger partial charge in [-0.05, 0) is 22.0 Å². The second-order valence-electron chi connectivity index (χ2n) is 3.65. The zero-order valence-electron chi connectivity index (χ0n) is 10.3. The number of nitrogens with zero attached hydrogens (tertiary/aromatic N) is 4. The zero-order chi connectivity index (χ0) is 13.7. The lowest BCUT2D eigenvalue weighted by Gasteiger charge is -2.02. The molecular formula is C13H11BrN4O. The SMILES string of the molecule is CCC#CCn1nc(-c2ncc(Br)cn2)ccc1=O. The first kappa shape index (κ1) is 13.4. The van der Waals surface area contributed by atoms with E-state index < -0.39 is 0 Å². The summed E-state index contributed by atoms with van der Waals surface area (Å²) >= 11 is 3.27. The number of hydrogen-bond donors (Lipinski definition) is 0. The second kappa shape index (κ2) is 6.25. The molecule has 2 rings (SSSR count). The molecule has 96 valence electrons. The van der Waals surface area contributed by atoms with Crippen LogP contribution in [0.1, 0.15) is 13.3 Å². The number of aromatic nitrogens is 4. The third-order valence-corrected chi connectivity index (χ3v) is 2.66. The van der Waals surface area contributed by atoms with Gasteiger partial charge in [0.05, 0.1) is 4.47 Å². The smallest absolute Gasteiger partial charge is 0.267 e. The molecule has 0 spiro atoms. The maximum Gasteiger partial charge on any atom is 0.267 e. The molecular weight excluding hydrogens is 308 g/mol. The molecule has 2 aromatic rings. The Kier molecular flexibility index (Phi) is 4.42. The van der Waals surface area contributed by atoms with Gasteiger partial charge in [0.2, 0.25) is 0 Å². The van der Waals surface area contributed by atoms with Crippen molar-refractivity contribution in [3.63, 3.8) is 0 Å². The summed E-state index contributed by atoms with van der Waals surface area (Å²) in [5.41, 5.74) is 0.358. The maximum absolute atomic E-state index is 11.6. The molecule has 5 nitrogen and oxygen atoms in total. The Hall–Kier alpha value is -2.00. The molecule has 0 amide bonds. The molecule has 0 radical (unpaired) electrons. The van der Waals surface area contributed by atoms with Gasteiger partial charge in [-0.2, -0.15) is 5.10 Å². The van der Waals surface area contributed by atoms with Crippen LogP contribution in [0.3, 0.4) is 0 Å². The molecule has 0 saturated carbocycles. The minimum atomic E-state index is -0.189. The van der Waals surface area contributed by atoms with Crippen LogP contribution >= 0.6 is 15.9 Å². The summed E-state index contributed by atoms with van der Waals surface area (Å²) in [6.07, 6.45) is 4.02. The van der Waals surface area contributed by atoms with E-state index in [-0.39, 0.29) is 12.1 Å². The summed E-state index contributed by atoms with van der Waals surface area (Å²) in [6.45, 7) is 2.23. The molecule has 19 heavy (non-hydrogen) atoms. The van der Waals surface area contributed by atoms with Crippen LogP contribution in [0.4, 0.5) is 0 Å². The van der Waals surface area contributed by atoms with Crippen LogP contribution in [0.2, 0.25) is 0 Å². The molecule has 0 atom stereocenters. The fraction of sp³-hybridized carbons (Fsp3) is 0.231. The van der Waals surface area contributed by atoms with Crippen LogP contribution in [0, 0.1) is 11.8 Å². The predicted octanol–water partition coefficient (Wildman–Crippen LogP) is 1.88. The van der Waals surface area contributed by atoms with Gasteiger partial charge >= 0.3 is 0 Å². The molecule has 2 aromatic heterocycles. The minimum absolute atomic E-state index is 0.189. The van der Waals surface area contributed by atoms with Crippen molar-refractivity contribution in [1.29, 1.82) is 0 Å².